The standard InChI is InChI=1S/C14H20N4/c1-2-3-4-7-13-16-14(18-17-13)9-8-12-6-5-10-15-11-12/h5-6,10-11H,2-4,7-9H2,1H3,(H,16,17,18). The quantitative estimate of drug-likeness (QED) is 0.762. The van der Waals surface area contributed by atoms with Crippen LogP contribution in [0, 0.1) is 0 Å². The molecule has 0 saturated carbocycles. The van der Waals surface area contributed by atoms with Crippen LogP contribution < -0.4 is 0 Å². The smallest absolute Gasteiger partial charge is 0.151 e. The molecule has 4 nitrogen and oxygen atoms in total. The van der Waals surface area contributed by atoms with E-state index in [4.69, 9.17) is 0 Å². The molecular weight excluding hydrogens is 224 g/mol. The number of unbranched alkanes of at least 4 members (excludes halogenated alkanes) is 2. The Bertz CT molecular complexity index is 450. The average molecular weight is 244 g/mol. The van der Waals surface area contributed by atoms with Crippen molar-refractivity contribution < 1.29 is 0 Å². The van der Waals surface area contributed by atoms with Crippen molar-refractivity contribution in [2.24, 2.45) is 0 Å². The maximum Gasteiger partial charge on any atom is 0.151 e. The Hall–Kier alpha value is -1.71. The van der Waals surface area contributed by atoms with Crippen LogP contribution in [-0.2, 0) is 19.3 Å². The van der Waals surface area contributed by atoms with E-state index in [2.05, 4.69) is 33.2 Å². The lowest BCUT2D eigenvalue weighted by atomic mass is 10.1. The lowest BCUT2D eigenvalue weighted by Gasteiger charge is -1.96. The normalized spacial score (nSPS) is 10.7. The van der Waals surface area contributed by atoms with E-state index < -0.39 is 0 Å². The lowest BCUT2D eigenvalue weighted by Crippen LogP contribution is -1.94. The summed E-state index contributed by atoms with van der Waals surface area (Å²) in [5.41, 5.74) is 1.23. The zero-order valence-electron chi connectivity index (χ0n) is 10.9. The predicted molar refractivity (Wildman–Crippen MR) is 71.3 cm³/mol. The van der Waals surface area contributed by atoms with Crippen molar-refractivity contribution in [2.45, 2.75) is 45.4 Å². The van der Waals surface area contributed by atoms with Gasteiger partial charge in [0.05, 0.1) is 0 Å². The summed E-state index contributed by atoms with van der Waals surface area (Å²) in [7, 11) is 0. The third-order valence-corrected chi connectivity index (χ3v) is 2.96. The van der Waals surface area contributed by atoms with Crippen molar-refractivity contribution in [3.8, 4) is 0 Å². The average Bonchev–Trinajstić information content (AvgIpc) is 2.86. The molecule has 96 valence electrons. The highest BCUT2D eigenvalue weighted by atomic mass is 15.2. The first-order valence-corrected chi connectivity index (χ1v) is 6.67. The molecule has 0 unspecified atom stereocenters. The first kappa shape index (κ1) is 12.7. The van der Waals surface area contributed by atoms with Crippen LogP contribution in [0.15, 0.2) is 24.5 Å². The van der Waals surface area contributed by atoms with Crippen molar-refractivity contribution in [1.29, 1.82) is 0 Å². The molecule has 0 aliphatic rings. The van der Waals surface area contributed by atoms with Crippen LogP contribution in [-0.4, -0.2) is 20.2 Å². The van der Waals surface area contributed by atoms with Crippen LogP contribution in [0.5, 0.6) is 0 Å². The fraction of sp³-hybridized carbons (Fsp3) is 0.500. The monoisotopic (exact) mass is 244 g/mol. The van der Waals surface area contributed by atoms with E-state index in [1.807, 2.05) is 12.3 Å². The lowest BCUT2D eigenvalue weighted by molar-refractivity contribution is 0.695. The summed E-state index contributed by atoms with van der Waals surface area (Å²) in [5.74, 6) is 1.93. The number of hydrogen-bond acceptors (Lipinski definition) is 3. The molecule has 0 atom stereocenters. The van der Waals surface area contributed by atoms with E-state index in [0.29, 0.717) is 0 Å². The van der Waals surface area contributed by atoms with Crippen molar-refractivity contribution in [3.63, 3.8) is 0 Å². The van der Waals surface area contributed by atoms with Gasteiger partial charge in [0.15, 0.2) is 5.82 Å². The van der Waals surface area contributed by atoms with Gasteiger partial charge in [-0.1, -0.05) is 25.8 Å². The van der Waals surface area contributed by atoms with Gasteiger partial charge in [-0.2, -0.15) is 5.10 Å². The molecule has 0 spiro atoms. The Morgan fingerprint density at radius 1 is 1.17 bits per heavy atom. The molecule has 4 heteroatoms. The predicted octanol–water partition coefficient (Wildman–Crippen LogP) is 2.72. The molecule has 0 fully saturated rings. The Morgan fingerprint density at radius 2 is 2.11 bits per heavy atom. The maximum absolute atomic E-state index is 4.51. The molecule has 0 amide bonds. The SMILES string of the molecule is CCCCCc1nc(CCc2cccnc2)n[nH]1. The van der Waals surface area contributed by atoms with Crippen molar-refractivity contribution in [2.75, 3.05) is 0 Å². The summed E-state index contributed by atoms with van der Waals surface area (Å²) < 4.78 is 0. The van der Waals surface area contributed by atoms with Crippen LogP contribution in [0.25, 0.3) is 0 Å². The van der Waals surface area contributed by atoms with Crippen molar-refractivity contribution >= 4 is 0 Å². The van der Waals surface area contributed by atoms with Gasteiger partial charge in [-0.05, 0) is 24.5 Å². The number of aromatic amines is 1. The third-order valence-electron chi connectivity index (χ3n) is 2.96. The Morgan fingerprint density at radius 3 is 2.89 bits per heavy atom. The Kier molecular flexibility index (Phi) is 4.88. The summed E-state index contributed by atoms with van der Waals surface area (Å²) in [5, 5.41) is 7.28. The van der Waals surface area contributed by atoms with E-state index in [-0.39, 0.29) is 0 Å². The van der Waals surface area contributed by atoms with Gasteiger partial charge in [0.25, 0.3) is 0 Å². The number of pyridine rings is 1. The minimum Gasteiger partial charge on any atom is -0.264 e. The summed E-state index contributed by atoms with van der Waals surface area (Å²) in [6.07, 6.45) is 10.2. The highest BCUT2D eigenvalue weighted by molar-refractivity contribution is 5.09. The third kappa shape index (κ3) is 3.95. The molecule has 0 aromatic carbocycles. The molecule has 2 aromatic heterocycles. The molecule has 2 rings (SSSR count). The van der Waals surface area contributed by atoms with Crippen molar-refractivity contribution in [3.05, 3.63) is 41.7 Å². The summed E-state index contributed by atoms with van der Waals surface area (Å²) in [6.45, 7) is 2.21. The van der Waals surface area contributed by atoms with Gasteiger partial charge >= 0.3 is 0 Å². The van der Waals surface area contributed by atoms with Crippen molar-refractivity contribution in [1.82, 2.24) is 20.2 Å². The van der Waals surface area contributed by atoms with Crippen LogP contribution in [0.2, 0.25) is 0 Å². The zero-order chi connectivity index (χ0) is 12.6. The van der Waals surface area contributed by atoms with E-state index in [0.717, 1.165) is 30.9 Å². The van der Waals surface area contributed by atoms with E-state index in [1.165, 1.54) is 24.8 Å². The Balaban J connectivity index is 1.80. The second kappa shape index (κ2) is 6.89. The molecule has 2 aromatic rings. The van der Waals surface area contributed by atoms with Crippen LogP contribution >= 0.6 is 0 Å². The number of hydrogen-bond donors (Lipinski definition) is 1. The largest absolute Gasteiger partial charge is 0.264 e. The van der Waals surface area contributed by atoms with Gasteiger partial charge in [-0.25, -0.2) is 4.98 Å². The number of nitrogens with zero attached hydrogens (tertiary/aromatic N) is 3. The van der Waals surface area contributed by atoms with Gasteiger partial charge in [0, 0.05) is 25.2 Å². The molecule has 2 heterocycles. The minimum absolute atomic E-state index is 0.871. The summed E-state index contributed by atoms with van der Waals surface area (Å²) in [6, 6.07) is 4.05. The van der Waals surface area contributed by atoms with Crippen LogP contribution in [0.3, 0.4) is 0 Å². The molecular formula is C14H20N4. The topological polar surface area (TPSA) is 54.5 Å². The first-order valence-electron chi connectivity index (χ1n) is 6.67. The van der Waals surface area contributed by atoms with Gasteiger partial charge in [0.1, 0.15) is 5.82 Å². The summed E-state index contributed by atoms with van der Waals surface area (Å²) >= 11 is 0. The molecule has 1 N–H and O–H groups in total. The molecule has 18 heavy (non-hydrogen) atoms. The van der Waals surface area contributed by atoms with E-state index in [1.54, 1.807) is 6.20 Å². The number of aromatic nitrogens is 4. The zero-order valence-corrected chi connectivity index (χ0v) is 10.9. The van der Waals surface area contributed by atoms with Gasteiger partial charge in [0.2, 0.25) is 0 Å². The first-order chi connectivity index (χ1) is 8.88. The van der Waals surface area contributed by atoms with E-state index in [9.17, 15) is 0 Å². The fourth-order valence-corrected chi connectivity index (χ4v) is 1.90. The van der Waals surface area contributed by atoms with Gasteiger partial charge < -0.3 is 0 Å². The molecule has 0 saturated heterocycles. The molecule has 0 aliphatic heterocycles. The van der Waals surface area contributed by atoms with Crippen LogP contribution in [0.1, 0.15) is 43.4 Å². The molecule has 0 aliphatic carbocycles. The summed E-state index contributed by atoms with van der Waals surface area (Å²) in [4.78, 5) is 8.61. The Labute approximate surface area is 108 Å². The second-order valence-corrected chi connectivity index (χ2v) is 4.52. The minimum atomic E-state index is 0.871. The highest BCUT2D eigenvalue weighted by Gasteiger charge is 2.03. The van der Waals surface area contributed by atoms with Crippen LogP contribution in [0.4, 0.5) is 0 Å². The fourth-order valence-electron chi connectivity index (χ4n) is 1.90. The highest BCUT2D eigenvalue weighted by Crippen LogP contribution is 2.05. The van der Waals surface area contributed by atoms with Gasteiger partial charge in [-0.3, -0.25) is 10.1 Å². The number of aryl methyl sites for hydroxylation is 3. The molecule has 0 bridgehead atoms. The molecule has 0 radical (unpaired) electrons. The number of H-pyrrole nitrogens is 1. The van der Waals surface area contributed by atoms with E-state index >= 15 is 0 Å². The van der Waals surface area contributed by atoms with Gasteiger partial charge in [-0.15, -0.1) is 0 Å². The maximum atomic E-state index is 4.51. The number of nitrogens with one attached hydrogen (secondary N) is 1. The number of rotatable bonds is 7. The second-order valence-electron chi connectivity index (χ2n) is 4.52.